The van der Waals surface area contributed by atoms with Gasteiger partial charge in [-0.05, 0) is 17.7 Å². The van der Waals surface area contributed by atoms with Gasteiger partial charge in [0.05, 0.1) is 12.9 Å². The molecule has 0 aliphatic carbocycles. The summed E-state index contributed by atoms with van der Waals surface area (Å²) in [4.78, 5) is 30.9. The number of carbonyl (C=O) groups is 1. The molecular formula is C26H28N8O. The zero-order valence-electron chi connectivity index (χ0n) is 19.5. The Hall–Kier alpha value is -4.40. The van der Waals surface area contributed by atoms with Crippen LogP contribution >= 0.6 is 0 Å². The van der Waals surface area contributed by atoms with Gasteiger partial charge in [0.2, 0.25) is 5.95 Å². The van der Waals surface area contributed by atoms with Crippen molar-refractivity contribution in [2.45, 2.75) is 6.54 Å². The molecule has 178 valence electrons. The van der Waals surface area contributed by atoms with Crippen molar-refractivity contribution in [1.82, 2.24) is 24.4 Å². The molecule has 3 heterocycles. The largest absolute Gasteiger partial charge is 0.365 e. The zero-order valence-corrected chi connectivity index (χ0v) is 19.5. The predicted molar refractivity (Wildman–Crippen MR) is 139 cm³/mol. The molecular weight excluding hydrogens is 440 g/mol. The third-order valence-corrected chi connectivity index (χ3v) is 5.94. The zero-order chi connectivity index (χ0) is 24.0. The first kappa shape index (κ1) is 22.4. The number of fused-ring (bicyclic) bond motifs is 1. The minimum absolute atomic E-state index is 0.0958. The van der Waals surface area contributed by atoms with Crippen LogP contribution < -0.4 is 15.5 Å². The number of nitrogens with zero attached hydrogens (tertiary/aromatic N) is 6. The highest BCUT2D eigenvalue weighted by molar-refractivity contribution is 5.89. The number of para-hydroxylation sites is 1. The van der Waals surface area contributed by atoms with Gasteiger partial charge in [0.15, 0.2) is 17.0 Å². The number of aromatic nitrogens is 4. The highest BCUT2D eigenvalue weighted by atomic mass is 16.2. The van der Waals surface area contributed by atoms with Crippen LogP contribution in [0.25, 0.3) is 11.2 Å². The second-order valence-corrected chi connectivity index (χ2v) is 8.34. The number of benzene rings is 2. The molecule has 1 fully saturated rings. The van der Waals surface area contributed by atoms with Crippen LogP contribution in [0.2, 0.25) is 0 Å². The van der Waals surface area contributed by atoms with E-state index < -0.39 is 0 Å². The van der Waals surface area contributed by atoms with E-state index in [1.807, 2.05) is 58.0 Å². The molecule has 35 heavy (non-hydrogen) atoms. The van der Waals surface area contributed by atoms with Gasteiger partial charge >= 0.3 is 6.03 Å². The number of urea groups is 1. The molecule has 9 heteroatoms. The van der Waals surface area contributed by atoms with Gasteiger partial charge in [-0.3, -0.25) is 0 Å². The summed E-state index contributed by atoms with van der Waals surface area (Å²) in [5.74, 6) is 1.31. The van der Waals surface area contributed by atoms with E-state index in [1.165, 1.54) is 5.56 Å². The molecule has 2 aromatic carbocycles. The molecule has 1 saturated heterocycles. The standard InChI is InChI=1S/C26H28N8O/c1-2-13-27-23-22-24(34(19-28-22)18-20-9-5-3-6-10-20)31-25(30-23)32-14-16-33(17-15-32)26(35)29-21-11-7-4-8-12-21/h2-12,19H,1,13-18H2,(H,29,35)(H,27,30,31). The van der Waals surface area contributed by atoms with Gasteiger partial charge in [-0.1, -0.05) is 54.6 Å². The molecule has 0 radical (unpaired) electrons. The summed E-state index contributed by atoms with van der Waals surface area (Å²) in [5, 5.41) is 6.26. The second kappa shape index (κ2) is 10.3. The van der Waals surface area contributed by atoms with Crippen molar-refractivity contribution < 1.29 is 4.79 Å². The van der Waals surface area contributed by atoms with E-state index in [4.69, 9.17) is 9.97 Å². The maximum atomic E-state index is 12.7. The summed E-state index contributed by atoms with van der Waals surface area (Å²) in [7, 11) is 0. The number of rotatable bonds is 7. The normalized spacial score (nSPS) is 13.6. The van der Waals surface area contributed by atoms with Crippen molar-refractivity contribution in [2.24, 2.45) is 0 Å². The van der Waals surface area contributed by atoms with Crippen molar-refractivity contribution in [3.63, 3.8) is 0 Å². The lowest BCUT2D eigenvalue weighted by molar-refractivity contribution is 0.208. The van der Waals surface area contributed by atoms with Crippen molar-refractivity contribution in [3.8, 4) is 0 Å². The second-order valence-electron chi connectivity index (χ2n) is 8.34. The number of hydrogen-bond acceptors (Lipinski definition) is 6. The first-order chi connectivity index (χ1) is 17.2. The van der Waals surface area contributed by atoms with Gasteiger partial charge in [-0.15, -0.1) is 6.58 Å². The van der Waals surface area contributed by atoms with Crippen LogP contribution in [0.5, 0.6) is 0 Å². The lowest BCUT2D eigenvalue weighted by atomic mass is 10.2. The SMILES string of the molecule is C=CCNc1nc(N2CCN(C(=O)Nc3ccccc3)CC2)nc2c1ncn2Cc1ccccc1. The molecule has 0 atom stereocenters. The van der Waals surface area contributed by atoms with Crippen LogP contribution in [0.15, 0.2) is 79.6 Å². The lowest BCUT2D eigenvalue weighted by Gasteiger charge is -2.34. The van der Waals surface area contributed by atoms with Gasteiger partial charge in [-0.2, -0.15) is 9.97 Å². The number of amides is 2. The lowest BCUT2D eigenvalue weighted by Crippen LogP contribution is -2.50. The minimum atomic E-state index is -0.0958. The molecule has 0 unspecified atom stereocenters. The van der Waals surface area contributed by atoms with E-state index in [0.717, 1.165) is 16.9 Å². The van der Waals surface area contributed by atoms with E-state index in [2.05, 4.69) is 39.2 Å². The molecule has 0 bridgehead atoms. The monoisotopic (exact) mass is 468 g/mol. The van der Waals surface area contributed by atoms with Crippen molar-refractivity contribution >= 4 is 34.6 Å². The quantitative estimate of drug-likeness (QED) is 0.401. The molecule has 9 nitrogen and oxygen atoms in total. The fourth-order valence-corrected chi connectivity index (χ4v) is 4.10. The molecule has 2 amide bonds. The van der Waals surface area contributed by atoms with Gasteiger partial charge in [0, 0.05) is 38.4 Å². The molecule has 0 saturated carbocycles. The Morgan fingerprint density at radius 2 is 1.69 bits per heavy atom. The van der Waals surface area contributed by atoms with Crippen LogP contribution in [-0.4, -0.2) is 63.2 Å². The van der Waals surface area contributed by atoms with Crippen LogP contribution in [0.1, 0.15) is 5.56 Å². The Kier molecular flexibility index (Phi) is 6.56. The first-order valence-corrected chi connectivity index (χ1v) is 11.7. The van der Waals surface area contributed by atoms with Crippen LogP contribution in [0.4, 0.5) is 22.2 Å². The Bertz CT molecular complexity index is 1300. The highest BCUT2D eigenvalue weighted by Crippen LogP contribution is 2.24. The van der Waals surface area contributed by atoms with Gasteiger partial charge < -0.3 is 25.0 Å². The Morgan fingerprint density at radius 3 is 2.40 bits per heavy atom. The number of nitrogens with one attached hydrogen (secondary N) is 2. The minimum Gasteiger partial charge on any atom is -0.365 e. The van der Waals surface area contributed by atoms with Crippen LogP contribution in [0.3, 0.4) is 0 Å². The van der Waals surface area contributed by atoms with Gasteiger partial charge in [0.1, 0.15) is 0 Å². The van der Waals surface area contributed by atoms with Crippen molar-refractivity contribution in [1.29, 1.82) is 0 Å². The fourth-order valence-electron chi connectivity index (χ4n) is 4.10. The molecule has 0 spiro atoms. The number of piperazine rings is 1. The number of anilines is 3. The third kappa shape index (κ3) is 5.08. The van der Waals surface area contributed by atoms with Crippen LogP contribution in [-0.2, 0) is 6.54 Å². The Balaban J connectivity index is 1.35. The molecule has 1 aliphatic heterocycles. The maximum Gasteiger partial charge on any atom is 0.321 e. The summed E-state index contributed by atoms with van der Waals surface area (Å²) in [5.41, 5.74) is 3.46. The highest BCUT2D eigenvalue weighted by Gasteiger charge is 2.24. The van der Waals surface area contributed by atoms with Crippen molar-refractivity contribution in [3.05, 3.63) is 85.2 Å². The fraction of sp³-hybridized carbons (Fsp3) is 0.231. The maximum absolute atomic E-state index is 12.7. The topological polar surface area (TPSA) is 91.2 Å². The Morgan fingerprint density at radius 1 is 0.971 bits per heavy atom. The number of imidazole rings is 1. The van der Waals surface area contributed by atoms with E-state index in [0.29, 0.717) is 51.0 Å². The van der Waals surface area contributed by atoms with E-state index >= 15 is 0 Å². The Labute approximate surface area is 204 Å². The molecule has 5 rings (SSSR count). The molecule has 2 aromatic heterocycles. The van der Waals surface area contributed by atoms with E-state index in [9.17, 15) is 4.79 Å². The summed E-state index contributed by atoms with van der Waals surface area (Å²) >= 11 is 0. The first-order valence-electron chi connectivity index (χ1n) is 11.7. The summed E-state index contributed by atoms with van der Waals surface area (Å²) < 4.78 is 2.04. The summed E-state index contributed by atoms with van der Waals surface area (Å²) in [6.45, 7) is 7.49. The van der Waals surface area contributed by atoms with Gasteiger partial charge in [-0.25, -0.2) is 9.78 Å². The van der Waals surface area contributed by atoms with E-state index in [-0.39, 0.29) is 6.03 Å². The van der Waals surface area contributed by atoms with Crippen molar-refractivity contribution in [2.75, 3.05) is 48.3 Å². The molecule has 2 N–H and O–H groups in total. The average Bonchev–Trinajstić information content (AvgIpc) is 3.31. The summed E-state index contributed by atoms with van der Waals surface area (Å²) in [6.07, 6.45) is 3.60. The van der Waals surface area contributed by atoms with E-state index in [1.54, 1.807) is 12.4 Å². The smallest absolute Gasteiger partial charge is 0.321 e. The summed E-state index contributed by atoms with van der Waals surface area (Å²) in [6, 6.07) is 19.6. The number of hydrogen-bond donors (Lipinski definition) is 2. The van der Waals surface area contributed by atoms with Crippen LogP contribution in [0, 0.1) is 0 Å². The third-order valence-electron chi connectivity index (χ3n) is 5.94. The predicted octanol–water partition coefficient (Wildman–Crippen LogP) is 3.83. The van der Waals surface area contributed by atoms with Gasteiger partial charge in [0.25, 0.3) is 0 Å². The average molecular weight is 469 g/mol. The molecule has 4 aromatic rings. The molecule has 1 aliphatic rings. The number of carbonyl (C=O) groups excluding carboxylic acids is 1.